The van der Waals surface area contributed by atoms with Crippen molar-refractivity contribution in [2.75, 3.05) is 5.73 Å². The van der Waals surface area contributed by atoms with Crippen LogP contribution in [0.2, 0.25) is 0 Å². The quantitative estimate of drug-likeness (QED) is 0.868. The molecule has 0 aliphatic carbocycles. The lowest BCUT2D eigenvalue weighted by Crippen LogP contribution is -2.02. The lowest BCUT2D eigenvalue weighted by Gasteiger charge is -2.06. The largest absolute Gasteiger partial charge is 0.398 e. The van der Waals surface area contributed by atoms with Crippen molar-refractivity contribution in [2.24, 2.45) is 0 Å². The Labute approximate surface area is 108 Å². The third kappa shape index (κ3) is 2.35. The van der Waals surface area contributed by atoms with Crippen LogP contribution in [0, 0.1) is 0 Å². The van der Waals surface area contributed by atoms with Crippen molar-refractivity contribution < 1.29 is 8.42 Å². The van der Waals surface area contributed by atoms with Gasteiger partial charge in [0.25, 0.3) is 0 Å². The van der Waals surface area contributed by atoms with Gasteiger partial charge in [-0.05, 0) is 46.3 Å². The molecule has 0 spiro atoms. The molecule has 0 bridgehead atoms. The van der Waals surface area contributed by atoms with Gasteiger partial charge in [-0.25, -0.2) is 8.42 Å². The molecule has 0 atom stereocenters. The van der Waals surface area contributed by atoms with Crippen LogP contribution >= 0.6 is 15.9 Å². The normalized spacial score (nSPS) is 11.4. The fraction of sp³-hybridized carbons (Fsp3) is 0. The predicted octanol–water partition coefficient (Wildman–Crippen LogP) is 2.86. The summed E-state index contributed by atoms with van der Waals surface area (Å²) in [7, 11) is -3.46. The molecule has 2 N–H and O–H groups in total. The number of nitrogen functional groups attached to an aromatic ring is 1. The number of benzene rings is 2. The second-order valence-corrected chi connectivity index (χ2v) is 6.30. The highest BCUT2D eigenvalue weighted by Crippen LogP contribution is 2.26. The second kappa shape index (κ2) is 4.50. The molecule has 17 heavy (non-hydrogen) atoms. The zero-order chi connectivity index (χ0) is 12.5. The monoisotopic (exact) mass is 311 g/mol. The molecular formula is C12H10BrNO2S. The Morgan fingerprint density at radius 3 is 2.18 bits per heavy atom. The molecule has 2 aromatic rings. The summed E-state index contributed by atoms with van der Waals surface area (Å²) in [4.78, 5) is 0.501. The predicted molar refractivity (Wildman–Crippen MR) is 70.4 cm³/mol. The topological polar surface area (TPSA) is 60.2 Å². The summed E-state index contributed by atoms with van der Waals surface area (Å²) in [5.41, 5.74) is 6.14. The van der Waals surface area contributed by atoms with Crippen LogP contribution in [-0.4, -0.2) is 8.42 Å². The van der Waals surface area contributed by atoms with Gasteiger partial charge in [0.2, 0.25) is 9.84 Å². The number of halogens is 1. The van der Waals surface area contributed by atoms with Gasteiger partial charge < -0.3 is 5.73 Å². The first-order valence-corrected chi connectivity index (χ1v) is 7.14. The number of rotatable bonds is 2. The summed E-state index contributed by atoms with van der Waals surface area (Å²) in [5.74, 6) is 0. The molecule has 0 saturated carbocycles. The summed E-state index contributed by atoms with van der Waals surface area (Å²) in [5, 5.41) is 0. The molecule has 0 saturated heterocycles. The minimum absolute atomic E-state index is 0.227. The van der Waals surface area contributed by atoms with Crippen molar-refractivity contribution in [3.63, 3.8) is 0 Å². The van der Waals surface area contributed by atoms with E-state index < -0.39 is 9.84 Å². The maximum absolute atomic E-state index is 12.2. The Bertz CT molecular complexity index is 639. The van der Waals surface area contributed by atoms with E-state index in [9.17, 15) is 8.42 Å². The molecular weight excluding hydrogens is 302 g/mol. The lowest BCUT2D eigenvalue weighted by molar-refractivity contribution is 0.596. The molecule has 0 amide bonds. The van der Waals surface area contributed by atoms with Crippen molar-refractivity contribution in [2.45, 2.75) is 9.79 Å². The van der Waals surface area contributed by atoms with Crippen LogP contribution in [-0.2, 0) is 9.84 Å². The van der Waals surface area contributed by atoms with Gasteiger partial charge in [-0.1, -0.05) is 18.2 Å². The van der Waals surface area contributed by atoms with Gasteiger partial charge in [0.05, 0.1) is 9.79 Å². The Balaban J connectivity index is 2.57. The highest BCUT2D eigenvalue weighted by molar-refractivity contribution is 9.10. The summed E-state index contributed by atoms with van der Waals surface area (Å²) < 4.78 is 25.0. The van der Waals surface area contributed by atoms with E-state index >= 15 is 0 Å². The first-order chi connectivity index (χ1) is 8.01. The Morgan fingerprint density at radius 2 is 1.59 bits per heavy atom. The van der Waals surface area contributed by atoms with Crippen LogP contribution in [0.1, 0.15) is 0 Å². The molecule has 0 aromatic heterocycles. The smallest absolute Gasteiger partial charge is 0.206 e. The average Bonchev–Trinajstić information content (AvgIpc) is 2.33. The molecule has 2 aromatic carbocycles. The van der Waals surface area contributed by atoms with Crippen LogP contribution in [0.3, 0.4) is 0 Å². The van der Waals surface area contributed by atoms with E-state index in [0.717, 1.165) is 0 Å². The summed E-state index contributed by atoms with van der Waals surface area (Å²) in [6.45, 7) is 0. The summed E-state index contributed by atoms with van der Waals surface area (Å²) >= 11 is 3.22. The molecule has 0 unspecified atom stereocenters. The molecule has 3 nitrogen and oxygen atoms in total. The summed E-state index contributed by atoms with van der Waals surface area (Å²) in [6.07, 6.45) is 0. The first-order valence-electron chi connectivity index (χ1n) is 4.87. The first kappa shape index (κ1) is 12.1. The van der Waals surface area contributed by atoms with Crippen LogP contribution in [0.25, 0.3) is 0 Å². The fourth-order valence-corrected chi connectivity index (χ4v) is 3.25. The van der Waals surface area contributed by atoms with Gasteiger partial charge in [-0.3, -0.25) is 0 Å². The van der Waals surface area contributed by atoms with E-state index in [1.54, 1.807) is 36.4 Å². The van der Waals surface area contributed by atoms with Crippen molar-refractivity contribution in [3.05, 3.63) is 53.0 Å². The number of hydrogen-bond acceptors (Lipinski definition) is 3. The van der Waals surface area contributed by atoms with Crippen LogP contribution in [0.4, 0.5) is 5.69 Å². The van der Waals surface area contributed by atoms with Crippen LogP contribution < -0.4 is 5.73 Å². The molecule has 0 aliphatic rings. The number of anilines is 1. The van der Waals surface area contributed by atoms with E-state index in [2.05, 4.69) is 15.9 Å². The molecule has 0 radical (unpaired) electrons. The summed E-state index contributed by atoms with van der Waals surface area (Å²) in [6, 6.07) is 12.9. The van der Waals surface area contributed by atoms with Gasteiger partial charge in [-0.2, -0.15) is 0 Å². The van der Waals surface area contributed by atoms with Crippen molar-refractivity contribution >= 4 is 31.5 Å². The van der Waals surface area contributed by atoms with Gasteiger partial charge in [0.15, 0.2) is 0 Å². The Morgan fingerprint density at radius 1 is 0.941 bits per heavy atom. The Kier molecular flexibility index (Phi) is 3.22. The highest BCUT2D eigenvalue weighted by atomic mass is 79.9. The third-order valence-corrected chi connectivity index (χ3v) is 4.79. The van der Waals surface area contributed by atoms with E-state index in [4.69, 9.17) is 5.73 Å². The molecule has 2 rings (SSSR count). The minimum Gasteiger partial charge on any atom is -0.398 e. The zero-order valence-electron chi connectivity index (χ0n) is 8.80. The van der Waals surface area contributed by atoms with E-state index in [0.29, 0.717) is 10.2 Å². The second-order valence-electron chi connectivity index (χ2n) is 3.50. The average molecular weight is 312 g/mol. The number of hydrogen-bond donors (Lipinski definition) is 1. The maximum atomic E-state index is 12.2. The van der Waals surface area contributed by atoms with E-state index in [1.165, 1.54) is 12.1 Å². The minimum atomic E-state index is -3.46. The van der Waals surface area contributed by atoms with Gasteiger partial charge in [0.1, 0.15) is 0 Å². The molecule has 0 aliphatic heterocycles. The van der Waals surface area contributed by atoms with Crippen LogP contribution in [0.5, 0.6) is 0 Å². The van der Waals surface area contributed by atoms with Gasteiger partial charge in [0, 0.05) is 10.2 Å². The molecule has 5 heteroatoms. The number of sulfone groups is 1. The van der Waals surface area contributed by atoms with E-state index in [1.807, 2.05) is 0 Å². The number of nitrogens with two attached hydrogens (primary N) is 1. The molecule has 0 heterocycles. The fourth-order valence-electron chi connectivity index (χ4n) is 1.41. The Hall–Kier alpha value is -1.33. The van der Waals surface area contributed by atoms with E-state index in [-0.39, 0.29) is 9.79 Å². The van der Waals surface area contributed by atoms with Crippen molar-refractivity contribution in [3.8, 4) is 0 Å². The molecule has 0 fully saturated rings. The van der Waals surface area contributed by atoms with Gasteiger partial charge in [-0.15, -0.1) is 0 Å². The maximum Gasteiger partial charge on any atom is 0.206 e. The molecule has 88 valence electrons. The van der Waals surface area contributed by atoms with Gasteiger partial charge >= 0.3 is 0 Å². The SMILES string of the molecule is Nc1ccc(S(=O)(=O)c2ccccc2)cc1Br. The lowest BCUT2D eigenvalue weighted by atomic mass is 10.3. The van der Waals surface area contributed by atoms with Crippen LogP contribution in [0.15, 0.2) is 62.8 Å². The highest BCUT2D eigenvalue weighted by Gasteiger charge is 2.17. The standard InChI is InChI=1S/C12H10BrNO2S/c13-11-8-10(6-7-12(11)14)17(15,16)9-4-2-1-3-5-9/h1-8H,14H2. The zero-order valence-corrected chi connectivity index (χ0v) is 11.2. The van der Waals surface area contributed by atoms with Crippen molar-refractivity contribution in [1.82, 2.24) is 0 Å². The third-order valence-electron chi connectivity index (χ3n) is 2.34. The van der Waals surface area contributed by atoms with Crippen molar-refractivity contribution in [1.29, 1.82) is 0 Å².